The number of benzene rings is 3. The van der Waals surface area contributed by atoms with Gasteiger partial charge in [-0.05, 0) is 48.5 Å². The molecule has 0 aliphatic rings. The van der Waals surface area contributed by atoms with Crippen molar-refractivity contribution in [2.45, 2.75) is 4.90 Å². The molecule has 0 aromatic heterocycles. The van der Waals surface area contributed by atoms with Crippen LogP contribution in [0.3, 0.4) is 0 Å². The predicted octanol–water partition coefficient (Wildman–Crippen LogP) is 2.79. The van der Waals surface area contributed by atoms with Crippen LogP contribution in [0.15, 0.2) is 83.8 Å². The third-order valence-electron chi connectivity index (χ3n) is 4.27. The highest BCUT2D eigenvalue weighted by Gasteiger charge is 2.14. The first kappa shape index (κ1) is 22.0. The molecule has 3 aromatic carbocycles. The van der Waals surface area contributed by atoms with Crippen LogP contribution in [0, 0.1) is 5.82 Å². The van der Waals surface area contributed by atoms with Crippen molar-refractivity contribution in [1.29, 1.82) is 0 Å². The molecule has 0 aliphatic carbocycles. The number of nitrogens with one attached hydrogen (secondary N) is 3. The lowest BCUT2D eigenvalue weighted by atomic mass is 10.2. The molecule has 0 bridgehead atoms. The zero-order valence-electron chi connectivity index (χ0n) is 16.3. The Hall–Kier alpha value is -3.72. The third-order valence-corrected chi connectivity index (χ3v) is 5.66. The van der Waals surface area contributed by atoms with Crippen LogP contribution in [0.2, 0.25) is 0 Å². The number of hydrogen-bond acceptors (Lipinski definition) is 4. The van der Waals surface area contributed by atoms with Crippen LogP contribution in [-0.4, -0.2) is 33.3 Å². The second kappa shape index (κ2) is 9.86. The molecule has 0 radical (unpaired) electrons. The minimum absolute atomic E-state index is 0.0672. The van der Waals surface area contributed by atoms with Crippen LogP contribution >= 0.6 is 0 Å². The summed E-state index contributed by atoms with van der Waals surface area (Å²) in [5.41, 5.74) is 0.572. The van der Waals surface area contributed by atoms with E-state index in [-0.39, 0.29) is 23.5 Å². The molecule has 0 unspecified atom stereocenters. The quantitative estimate of drug-likeness (QED) is 0.468. The topological polar surface area (TPSA) is 104 Å². The van der Waals surface area contributed by atoms with Crippen molar-refractivity contribution in [1.82, 2.24) is 10.6 Å². The summed E-state index contributed by atoms with van der Waals surface area (Å²) in [6, 6.07) is 19.5. The minimum Gasteiger partial charge on any atom is -0.350 e. The molecule has 2 amide bonds. The van der Waals surface area contributed by atoms with Crippen molar-refractivity contribution in [3.8, 4) is 0 Å². The molecule has 0 saturated carbocycles. The molecule has 0 saturated heterocycles. The van der Waals surface area contributed by atoms with Gasteiger partial charge in [-0.2, -0.15) is 0 Å². The van der Waals surface area contributed by atoms with Crippen LogP contribution in [0.1, 0.15) is 20.7 Å². The second-order valence-corrected chi connectivity index (χ2v) is 8.17. The van der Waals surface area contributed by atoms with Crippen molar-refractivity contribution in [3.63, 3.8) is 0 Å². The summed E-state index contributed by atoms with van der Waals surface area (Å²) in [5.74, 6) is -1.58. The maximum atomic E-state index is 13.6. The first-order valence-corrected chi connectivity index (χ1v) is 10.8. The molecule has 3 aromatic rings. The highest BCUT2D eigenvalue weighted by atomic mass is 32.2. The fraction of sp³-hybridized carbons (Fsp3) is 0.0909. The van der Waals surface area contributed by atoms with Crippen LogP contribution in [0.4, 0.5) is 10.1 Å². The SMILES string of the molecule is O=C(NCCNC(=O)c1ccccc1F)c1ccc(NS(=O)(=O)c2ccccc2)cc1. The Morgan fingerprint density at radius 3 is 1.97 bits per heavy atom. The number of hydrogen-bond donors (Lipinski definition) is 3. The summed E-state index contributed by atoms with van der Waals surface area (Å²) in [4.78, 5) is 24.3. The van der Waals surface area contributed by atoms with Crippen molar-refractivity contribution >= 4 is 27.5 Å². The molecule has 3 N–H and O–H groups in total. The van der Waals surface area contributed by atoms with Gasteiger partial charge in [0.25, 0.3) is 21.8 Å². The van der Waals surface area contributed by atoms with E-state index in [9.17, 15) is 22.4 Å². The molecule has 31 heavy (non-hydrogen) atoms. The average molecular weight is 441 g/mol. The Morgan fingerprint density at radius 1 is 0.742 bits per heavy atom. The van der Waals surface area contributed by atoms with E-state index in [1.165, 1.54) is 54.6 Å². The van der Waals surface area contributed by atoms with Gasteiger partial charge in [-0.1, -0.05) is 30.3 Å². The number of halogens is 1. The van der Waals surface area contributed by atoms with Crippen LogP contribution in [0.5, 0.6) is 0 Å². The predicted molar refractivity (Wildman–Crippen MR) is 115 cm³/mol. The lowest BCUT2D eigenvalue weighted by Gasteiger charge is -2.10. The smallest absolute Gasteiger partial charge is 0.261 e. The molecule has 7 nitrogen and oxygen atoms in total. The van der Waals surface area contributed by atoms with Gasteiger partial charge in [0.05, 0.1) is 10.5 Å². The van der Waals surface area contributed by atoms with Gasteiger partial charge in [0, 0.05) is 24.3 Å². The van der Waals surface area contributed by atoms with E-state index in [2.05, 4.69) is 15.4 Å². The normalized spacial score (nSPS) is 10.9. The number of rotatable bonds is 8. The van der Waals surface area contributed by atoms with E-state index >= 15 is 0 Å². The molecule has 0 spiro atoms. The Kier molecular flexibility index (Phi) is 6.99. The number of carbonyl (C=O) groups excluding carboxylic acids is 2. The summed E-state index contributed by atoms with van der Waals surface area (Å²) in [5, 5.41) is 5.15. The van der Waals surface area contributed by atoms with Gasteiger partial charge in [0.2, 0.25) is 0 Å². The van der Waals surface area contributed by atoms with Gasteiger partial charge in [0.1, 0.15) is 5.82 Å². The average Bonchev–Trinajstić information content (AvgIpc) is 2.77. The molecule has 3 rings (SSSR count). The minimum atomic E-state index is -3.72. The number of carbonyl (C=O) groups is 2. The van der Waals surface area contributed by atoms with E-state index in [1.54, 1.807) is 24.3 Å². The van der Waals surface area contributed by atoms with Crippen molar-refractivity contribution in [2.75, 3.05) is 17.8 Å². The summed E-state index contributed by atoms with van der Waals surface area (Å²) in [6.07, 6.45) is 0. The standard InChI is InChI=1S/C22H20FN3O4S/c23-20-9-5-4-8-19(20)22(28)25-15-14-24-21(27)16-10-12-17(13-11-16)26-31(29,30)18-6-2-1-3-7-18/h1-13,26H,14-15H2,(H,24,27)(H,25,28). The number of sulfonamides is 1. The summed E-state index contributed by atoms with van der Waals surface area (Å²) >= 11 is 0. The number of anilines is 1. The Morgan fingerprint density at radius 2 is 1.32 bits per heavy atom. The Balaban J connectivity index is 1.49. The van der Waals surface area contributed by atoms with Gasteiger partial charge in [0.15, 0.2) is 0 Å². The fourth-order valence-electron chi connectivity index (χ4n) is 2.70. The largest absolute Gasteiger partial charge is 0.350 e. The third kappa shape index (κ3) is 5.89. The highest BCUT2D eigenvalue weighted by Crippen LogP contribution is 2.16. The van der Waals surface area contributed by atoms with Crippen LogP contribution in [0.25, 0.3) is 0 Å². The van der Waals surface area contributed by atoms with E-state index < -0.39 is 27.7 Å². The Labute approximate surface area is 179 Å². The van der Waals surface area contributed by atoms with Crippen molar-refractivity contribution < 1.29 is 22.4 Å². The van der Waals surface area contributed by atoms with Crippen LogP contribution in [-0.2, 0) is 10.0 Å². The van der Waals surface area contributed by atoms with Gasteiger partial charge < -0.3 is 10.6 Å². The lowest BCUT2D eigenvalue weighted by Crippen LogP contribution is -2.35. The first-order valence-electron chi connectivity index (χ1n) is 9.36. The van der Waals surface area contributed by atoms with Crippen LogP contribution < -0.4 is 15.4 Å². The zero-order chi connectivity index (χ0) is 22.3. The fourth-order valence-corrected chi connectivity index (χ4v) is 3.78. The highest BCUT2D eigenvalue weighted by molar-refractivity contribution is 7.92. The van der Waals surface area contributed by atoms with Gasteiger partial charge >= 0.3 is 0 Å². The maximum absolute atomic E-state index is 13.6. The summed E-state index contributed by atoms with van der Waals surface area (Å²) in [6.45, 7) is 0.259. The van der Waals surface area contributed by atoms with E-state index in [0.717, 1.165) is 0 Å². The van der Waals surface area contributed by atoms with Gasteiger partial charge in [-0.25, -0.2) is 12.8 Å². The van der Waals surface area contributed by atoms with Crippen molar-refractivity contribution in [2.24, 2.45) is 0 Å². The van der Waals surface area contributed by atoms with Gasteiger partial charge in [-0.15, -0.1) is 0 Å². The summed E-state index contributed by atoms with van der Waals surface area (Å²) in [7, 11) is -3.72. The first-order chi connectivity index (χ1) is 14.9. The number of amides is 2. The van der Waals surface area contributed by atoms with Gasteiger partial charge in [-0.3, -0.25) is 14.3 Å². The van der Waals surface area contributed by atoms with Crippen molar-refractivity contribution in [3.05, 3.63) is 95.8 Å². The molecular weight excluding hydrogens is 421 g/mol. The monoisotopic (exact) mass is 441 g/mol. The lowest BCUT2D eigenvalue weighted by molar-refractivity contribution is 0.0925. The molecule has 0 heterocycles. The maximum Gasteiger partial charge on any atom is 0.261 e. The molecule has 0 atom stereocenters. The molecular formula is C22H20FN3O4S. The van der Waals surface area contributed by atoms with E-state index in [1.807, 2.05) is 0 Å². The molecule has 0 fully saturated rings. The second-order valence-electron chi connectivity index (χ2n) is 6.49. The zero-order valence-corrected chi connectivity index (χ0v) is 17.2. The molecule has 0 aliphatic heterocycles. The van der Waals surface area contributed by atoms with E-state index in [4.69, 9.17) is 0 Å². The molecule has 160 valence electrons. The Bertz CT molecular complexity index is 1170. The van der Waals surface area contributed by atoms with E-state index in [0.29, 0.717) is 11.3 Å². The summed E-state index contributed by atoms with van der Waals surface area (Å²) < 4.78 is 40.7. The molecule has 9 heteroatoms.